The first kappa shape index (κ1) is 23.0. The number of hydrogen-bond acceptors (Lipinski definition) is 3. The highest BCUT2D eigenvalue weighted by Crippen LogP contribution is 2.37. The molecule has 1 aliphatic rings. The molecule has 1 aliphatic heterocycles. The van der Waals surface area contributed by atoms with Crippen molar-refractivity contribution >= 4 is 35.1 Å². The zero-order valence-corrected chi connectivity index (χ0v) is 18.6. The Balaban J connectivity index is 1.72. The number of amides is 2. The summed E-state index contributed by atoms with van der Waals surface area (Å²) in [6.45, 7) is 2.12. The van der Waals surface area contributed by atoms with Gasteiger partial charge in [-0.2, -0.15) is 0 Å². The Morgan fingerprint density at radius 1 is 1.12 bits per heavy atom. The van der Waals surface area contributed by atoms with Gasteiger partial charge in [0.05, 0.1) is 11.1 Å². The zero-order chi connectivity index (χ0) is 24.2. The minimum atomic E-state index is -0.866. The number of aromatic amines is 1. The molecule has 8 heteroatoms. The molecule has 4 rings (SSSR count). The molecule has 2 amide bonds. The Morgan fingerprint density at radius 3 is 2.62 bits per heavy atom. The van der Waals surface area contributed by atoms with Gasteiger partial charge in [0.25, 0.3) is 11.8 Å². The second kappa shape index (κ2) is 9.74. The van der Waals surface area contributed by atoms with Gasteiger partial charge in [0.15, 0.2) is 0 Å². The number of aromatic nitrogens is 1. The van der Waals surface area contributed by atoms with E-state index in [1.165, 1.54) is 18.2 Å². The number of aryl methyl sites for hydroxylation is 1. The molecule has 7 nitrogen and oxygen atoms in total. The molecule has 0 radical (unpaired) electrons. The molecule has 0 saturated heterocycles. The van der Waals surface area contributed by atoms with Crippen LogP contribution in [0, 0.1) is 12.7 Å². The van der Waals surface area contributed by atoms with E-state index >= 15 is 0 Å². The highest BCUT2D eigenvalue weighted by atomic mass is 19.1. The normalized spacial score (nSPS) is 13.6. The van der Waals surface area contributed by atoms with E-state index in [4.69, 9.17) is 5.11 Å². The Kier molecular flexibility index (Phi) is 6.58. The van der Waals surface area contributed by atoms with E-state index in [9.17, 15) is 18.8 Å². The lowest BCUT2D eigenvalue weighted by Gasteiger charge is -2.09. The lowest BCUT2D eigenvalue weighted by molar-refractivity contribution is -0.137. The monoisotopic (exact) mass is 461 g/mol. The van der Waals surface area contributed by atoms with E-state index in [-0.39, 0.29) is 18.2 Å². The van der Waals surface area contributed by atoms with Gasteiger partial charge in [-0.15, -0.1) is 0 Å². The average molecular weight is 461 g/mol. The molecule has 174 valence electrons. The number of carboxylic acid groups (broad SMARTS) is 1. The Morgan fingerprint density at radius 2 is 1.88 bits per heavy atom. The summed E-state index contributed by atoms with van der Waals surface area (Å²) in [5.41, 5.74) is 4.32. The van der Waals surface area contributed by atoms with E-state index in [1.54, 1.807) is 13.0 Å². The first-order valence-corrected chi connectivity index (χ1v) is 11.0. The predicted molar refractivity (Wildman–Crippen MR) is 128 cm³/mol. The van der Waals surface area contributed by atoms with Crippen molar-refractivity contribution < 1.29 is 23.9 Å². The van der Waals surface area contributed by atoms with Crippen molar-refractivity contribution in [3.63, 3.8) is 0 Å². The summed E-state index contributed by atoms with van der Waals surface area (Å²) in [7, 11) is 0. The number of carbonyl (C=O) groups excluding carboxylic acids is 2. The summed E-state index contributed by atoms with van der Waals surface area (Å²) < 4.78 is 13.9. The van der Waals surface area contributed by atoms with Gasteiger partial charge in [0.2, 0.25) is 0 Å². The van der Waals surface area contributed by atoms with Gasteiger partial charge in [0.1, 0.15) is 5.82 Å². The van der Waals surface area contributed by atoms with Crippen molar-refractivity contribution in [2.75, 3.05) is 11.9 Å². The zero-order valence-electron chi connectivity index (χ0n) is 18.6. The quantitative estimate of drug-likeness (QED) is 0.290. The van der Waals surface area contributed by atoms with Gasteiger partial charge in [-0.1, -0.05) is 30.3 Å². The maximum Gasteiger partial charge on any atom is 0.303 e. The molecule has 34 heavy (non-hydrogen) atoms. The van der Waals surface area contributed by atoms with Gasteiger partial charge >= 0.3 is 5.97 Å². The molecule has 3 aromatic rings. The molecule has 0 aliphatic carbocycles. The Labute approximate surface area is 195 Å². The number of carboxylic acids is 1. The molecule has 0 spiro atoms. The largest absolute Gasteiger partial charge is 0.481 e. The first-order chi connectivity index (χ1) is 16.3. The van der Waals surface area contributed by atoms with Crippen LogP contribution in [0.25, 0.3) is 22.8 Å². The number of H-pyrrole nitrogens is 1. The van der Waals surface area contributed by atoms with Gasteiger partial charge in [-0.3, -0.25) is 14.4 Å². The third kappa shape index (κ3) is 4.76. The fourth-order valence-corrected chi connectivity index (χ4v) is 4.09. The fraction of sp³-hybridized carbons (Fsp3) is 0.192. The average Bonchev–Trinajstić information content (AvgIpc) is 3.29. The van der Waals surface area contributed by atoms with Crippen LogP contribution < -0.4 is 10.6 Å². The third-order valence-corrected chi connectivity index (χ3v) is 5.66. The number of benzene rings is 2. The van der Waals surface area contributed by atoms with Crippen LogP contribution in [-0.2, 0) is 9.59 Å². The van der Waals surface area contributed by atoms with E-state index in [1.807, 2.05) is 30.3 Å². The van der Waals surface area contributed by atoms with Gasteiger partial charge in [-0.25, -0.2) is 4.39 Å². The molecule has 0 atom stereocenters. The number of rotatable bonds is 8. The highest BCUT2D eigenvalue weighted by molar-refractivity contribution is 6.35. The molecule has 0 unspecified atom stereocenters. The summed E-state index contributed by atoms with van der Waals surface area (Å²) in [6.07, 6.45) is 2.70. The van der Waals surface area contributed by atoms with Crippen molar-refractivity contribution in [3.05, 3.63) is 76.9 Å². The number of nitrogens with one attached hydrogen (secondary N) is 3. The Bertz CT molecular complexity index is 1290. The van der Waals surface area contributed by atoms with Crippen LogP contribution in [-0.4, -0.2) is 34.4 Å². The lowest BCUT2D eigenvalue weighted by atomic mass is 9.97. The van der Waals surface area contributed by atoms with Crippen molar-refractivity contribution in [2.24, 2.45) is 0 Å². The van der Waals surface area contributed by atoms with Crippen LogP contribution in [0.15, 0.2) is 48.5 Å². The number of carbonyl (C=O) groups is 3. The minimum Gasteiger partial charge on any atom is -0.481 e. The molecule has 0 bridgehead atoms. The van der Waals surface area contributed by atoms with Crippen LogP contribution in [0.4, 0.5) is 10.1 Å². The molecule has 1 aromatic heterocycles. The van der Waals surface area contributed by atoms with Crippen LogP contribution in [0.5, 0.6) is 0 Å². The minimum absolute atomic E-state index is 0.0518. The molecular weight excluding hydrogens is 437 g/mol. The number of hydrogen-bond donors (Lipinski definition) is 4. The second-order valence-electron chi connectivity index (χ2n) is 8.09. The summed E-state index contributed by atoms with van der Waals surface area (Å²) >= 11 is 0. The number of unbranched alkanes of at least 4 members (excludes halogenated alkanes) is 1. The van der Waals surface area contributed by atoms with Crippen LogP contribution in [0.1, 0.15) is 46.6 Å². The molecule has 2 aromatic carbocycles. The van der Waals surface area contributed by atoms with Gasteiger partial charge in [-0.05, 0) is 49.6 Å². The van der Waals surface area contributed by atoms with E-state index in [0.29, 0.717) is 58.7 Å². The summed E-state index contributed by atoms with van der Waals surface area (Å²) in [4.78, 5) is 39.6. The van der Waals surface area contributed by atoms with Crippen molar-refractivity contribution in [3.8, 4) is 11.1 Å². The number of halogens is 1. The van der Waals surface area contributed by atoms with Gasteiger partial charge in [0, 0.05) is 41.2 Å². The van der Waals surface area contributed by atoms with Crippen LogP contribution in [0.2, 0.25) is 0 Å². The third-order valence-electron chi connectivity index (χ3n) is 5.66. The number of aliphatic carboxylic acids is 1. The summed E-state index contributed by atoms with van der Waals surface area (Å²) in [5.74, 6) is -1.96. The highest BCUT2D eigenvalue weighted by Gasteiger charge is 2.27. The van der Waals surface area contributed by atoms with E-state index < -0.39 is 11.8 Å². The maximum atomic E-state index is 13.9. The maximum absolute atomic E-state index is 13.9. The fourth-order valence-electron chi connectivity index (χ4n) is 4.09. The Hall–Kier alpha value is -4.20. The molecule has 4 N–H and O–H groups in total. The molecular formula is C26H24FN3O4. The molecule has 0 saturated carbocycles. The standard InChI is InChI=1S/C26H24FN3O4/c1-15-23(26(34)28-12-6-5-9-22(31)32)24(16-7-3-2-4-8-16)21(29-15)14-19-18-13-17(27)10-11-20(18)30-25(19)33/h2-4,7-8,10-11,13-14,29H,5-6,9,12H2,1H3,(H,28,34)(H,30,33)(H,31,32)/b19-14-. The molecule has 0 fully saturated rings. The van der Waals surface area contributed by atoms with E-state index in [2.05, 4.69) is 15.6 Å². The molecule has 2 heterocycles. The summed E-state index contributed by atoms with van der Waals surface area (Å²) in [6, 6.07) is 13.4. The van der Waals surface area contributed by atoms with Gasteiger partial charge < -0.3 is 20.7 Å². The van der Waals surface area contributed by atoms with Crippen molar-refractivity contribution in [1.29, 1.82) is 0 Å². The number of fused-ring (bicyclic) bond motifs is 1. The topological polar surface area (TPSA) is 111 Å². The lowest BCUT2D eigenvalue weighted by Crippen LogP contribution is -2.25. The first-order valence-electron chi connectivity index (χ1n) is 11.0. The second-order valence-corrected chi connectivity index (χ2v) is 8.09. The predicted octanol–water partition coefficient (Wildman–Crippen LogP) is 4.61. The smallest absolute Gasteiger partial charge is 0.303 e. The van der Waals surface area contributed by atoms with Crippen molar-refractivity contribution in [1.82, 2.24) is 10.3 Å². The van der Waals surface area contributed by atoms with Crippen LogP contribution >= 0.6 is 0 Å². The van der Waals surface area contributed by atoms with Crippen LogP contribution in [0.3, 0.4) is 0 Å². The summed E-state index contributed by atoms with van der Waals surface area (Å²) in [5, 5.41) is 14.4. The van der Waals surface area contributed by atoms with Crippen molar-refractivity contribution in [2.45, 2.75) is 26.2 Å². The SMILES string of the molecule is Cc1[nH]c(/C=C2\C(=O)Nc3ccc(F)cc32)c(-c2ccccc2)c1C(=O)NCCCCC(=O)O. The number of anilines is 1. The van der Waals surface area contributed by atoms with E-state index in [0.717, 1.165) is 5.56 Å².